The van der Waals surface area contributed by atoms with E-state index in [0.717, 1.165) is 12.1 Å². The molecule has 1 heterocycles. The minimum Gasteiger partial charge on any atom is -0.378 e. The minimum atomic E-state index is 0.775. The molecule has 0 aromatic carbocycles. The van der Waals surface area contributed by atoms with Crippen LogP contribution in [0.4, 0.5) is 0 Å². The summed E-state index contributed by atoms with van der Waals surface area (Å²) in [5, 5.41) is 0. The van der Waals surface area contributed by atoms with Crippen molar-refractivity contribution in [1.29, 1.82) is 0 Å². The molecule has 0 N–H and O–H groups in total. The van der Waals surface area contributed by atoms with Crippen LogP contribution in [0.3, 0.4) is 0 Å². The number of methoxy groups -OCH3 is 1. The highest BCUT2D eigenvalue weighted by atomic mass is 16.5. The predicted molar refractivity (Wildman–Crippen MR) is 39.3 cm³/mol. The first kappa shape index (κ1) is 7.22. The van der Waals surface area contributed by atoms with Crippen molar-refractivity contribution in [3.05, 3.63) is 36.7 Å². The molecule has 1 rings (SSSR count). The van der Waals surface area contributed by atoms with Crippen molar-refractivity contribution in [2.24, 2.45) is 0 Å². The van der Waals surface area contributed by atoms with E-state index in [4.69, 9.17) is 4.74 Å². The fourth-order valence-corrected chi connectivity index (χ4v) is 0.688. The van der Waals surface area contributed by atoms with Crippen LogP contribution in [-0.4, -0.2) is 12.1 Å². The van der Waals surface area contributed by atoms with Gasteiger partial charge in [-0.3, -0.25) is 4.98 Å². The van der Waals surface area contributed by atoms with Crippen LogP contribution in [0.1, 0.15) is 5.69 Å². The maximum absolute atomic E-state index is 4.78. The van der Waals surface area contributed by atoms with Gasteiger partial charge in [0.25, 0.3) is 0 Å². The zero-order valence-electron chi connectivity index (χ0n) is 5.95. The summed E-state index contributed by atoms with van der Waals surface area (Å²) >= 11 is 0. The lowest BCUT2D eigenvalue weighted by Crippen LogP contribution is -1.90. The normalized spacial score (nSPS) is 9.70. The van der Waals surface area contributed by atoms with Gasteiger partial charge >= 0.3 is 0 Å². The second-order valence-corrected chi connectivity index (χ2v) is 1.93. The van der Waals surface area contributed by atoms with Gasteiger partial charge < -0.3 is 4.74 Å². The molecule has 0 aliphatic heterocycles. The largest absolute Gasteiger partial charge is 0.378 e. The fraction of sp³-hybridized carbons (Fsp3) is 0.250. The number of hydrogen-bond donors (Lipinski definition) is 0. The number of aromatic nitrogens is 1. The summed E-state index contributed by atoms with van der Waals surface area (Å²) in [7, 11) is 1.64. The maximum atomic E-state index is 4.78. The number of rotatable bonds is 3. The molecular formula is C8H10NO. The molecule has 1 aromatic rings. The highest BCUT2D eigenvalue weighted by molar-refractivity contribution is 5.04. The average Bonchev–Trinajstić information content (AvgIpc) is 2.03. The van der Waals surface area contributed by atoms with E-state index in [9.17, 15) is 0 Å². The van der Waals surface area contributed by atoms with E-state index < -0.39 is 0 Å². The molecule has 0 spiro atoms. The van der Waals surface area contributed by atoms with Gasteiger partial charge in [0.1, 0.15) is 0 Å². The van der Waals surface area contributed by atoms with Crippen LogP contribution < -0.4 is 0 Å². The lowest BCUT2D eigenvalue weighted by molar-refractivity contribution is 0.271. The van der Waals surface area contributed by atoms with Gasteiger partial charge in [0.05, 0.1) is 6.61 Å². The van der Waals surface area contributed by atoms with Crippen molar-refractivity contribution < 1.29 is 4.74 Å². The molecule has 2 nitrogen and oxygen atoms in total. The van der Waals surface area contributed by atoms with E-state index in [-0.39, 0.29) is 0 Å². The second kappa shape index (κ2) is 4.01. The Bertz CT molecular complexity index is 174. The number of nitrogens with zero attached hydrogens (tertiary/aromatic N) is 1. The first-order valence-electron chi connectivity index (χ1n) is 3.18. The third kappa shape index (κ3) is 2.15. The van der Waals surface area contributed by atoms with Crippen LogP contribution in [0.25, 0.3) is 0 Å². The summed E-state index contributed by atoms with van der Waals surface area (Å²) in [5.41, 5.74) is 1.03. The van der Waals surface area contributed by atoms with Gasteiger partial charge in [0.15, 0.2) is 0 Å². The first-order valence-corrected chi connectivity index (χ1v) is 3.18. The zero-order valence-corrected chi connectivity index (χ0v) is 5.95. The number of pyridine rings is 1. The molecule has 0 atom stereocenters. The molecule has 0 amide bonds. The van der Waals surface area contributed by atoms with Crippen LogP contribution in [0.2, 0.25) is 0 Å². The van der Waals surface area contributed by atoms with Gasteiger partial charge in [-0.15, -0.1) is 0 Å². The van der Waals surface area contributed by atoms with Crippen LogP contribution >= 0.6 is 0 Å². The standard InChI is InChI=1S/C8H10NO/c1-10-7-5-8-4-2-3-6-9-8/h2-4,6-7H,5H2,1H3. The van der Waals surface area contributed by atoms with E-state index in [2.05, 4.69) is 4.98 Å². The quantitative estimate of drug-likeness (QED) is 0.627. The topological polar surface area (TPSA) is 22.1 Å². The molecule has 53 valence electrons. The summed E-state index contributed by atoms with van der Waals surface area (Å²) < 4.78 is 4.78. The maximum Gasteiger partial charge on any atom is 0.0891 e. The van der Waals surface area contributed by atoms with Crippen molar-refractivity contribution >= 4 is 0 Å². The third-order valence-electron chi connectivity index (χ3n) is 1.19. The van der Waals surface area contributed by atoms with E-state index in [0.29, 0.717) is 0 Å². The van der Waals surface area contributed by atoms with Crippen LogP contribution in [-0.2, 0) is 11.2 Å². The SMILES string of the molecule is CO[CH]Cc1ccccn1. The molecule has 1 radical (unpaired) electrons. The highest BCUT2D eigenvalue weighted by Crippen LogP contribution is 1.96. The van der Waals surface area contributed by atoms with Gasteiger partial charge in [-0.05, 0) is 12.1 Å². The minimum absolute atomic E-state index is 0.775. The highest BCUT2D eigenvalue weighted by Gasteiger charge is 1.89. The van der Waals surface area contributed by atoms with Crippen molar-refractivity contribution in [2.75, 3.05) is 7.11 Å². The number of ether oxygens (including phenoxy) is 1. The molecule has 0 aliphatic rings. The average molecular weight is 136 g/mol. The lowest BCUT2D eigenvalue weighted by Gasteiger charge is -1.95. The molecular weight excluding hydrogens is 126 g/mol. The van der Waals surface area contributed by atoms with E-state index in [1.165, 1.54) is 0 Å². The van der Waals surface area contributed by atoms with Crippen LogP contribution in [0.15, 0.2) is 24.4 Å². The Morgan fingerprint density at radius 1 is 1.60 bits per heavy atom. The summed E-state index contributed by atoms with van der Waals surface area (Å²) in [6.07, 6.45) is 2.55. The van der Waals surface area contributed by atoms with Crippen molar-refractivity contribution in [1.82, 2.24) is 4.98 Å². The second-order valence-electron chi connectivity index (χ2n) is 1.93. The predicted octanol–water partition coefficient (Wildman–Crippen LogP) is 1.43. The van der Waals surface area contributed by atoms with Crippen LogP contribution in [0.5, 0.6) is 0 Å². The monoisotopic (exact) mass is 136 g/mol. The fourth-order valence-electron chi connectivity index (χ4n) is 0.688. The summed E-state index contributed by atoms with van der Waals surface area (Å²) in [5.74, 6) is 0. The molecule has 0 aliphatic carbocycles. The van der Waals surface area contributed by atoms with Gasteiger partial charge in [0, 0.05) is 25.4 Å². The Morgan fingerprint density at radius 2 is 2.50 bits per heavy atom. The molecule has 1 aromatic heterocycles. The van der Waals surface area contributed by atoms with Crippen molar-refractivity contribution in [3.63, 3.8) is 0 Å². The van der Waals surface area contributed by atoms with Gasteiger partial charge in [-0.25, -0.2) is 0 Å². The first-order chi connectivity index (χ1) is 4.93. The Labute approximate surface area is 60.9 Å². The smallest absolute Gasteiger partial charge is 0.0891 e. The summed E-state index contributed by atoms with van der Waals surface area (Å²) in [6.45, 7) is 1.72. The molecule has 0 unspecified atom stereocenters. The van der Waals surface area contributed by atoms with E-state index in [1.54, 1.807) is 19.9 Å². The van der Waals surface area contributed by atoms with E-state index in [1.807, 2.05) is 18.2 Å². The van der Waals surface area contributed by atoms with Crippen molar-refractivity contribution in [2.45, 2.75) is 6.42 Å². The molecule has 0 bridgehead atoms. The van der Waals surface area contributed by atoms with E-state index >= 15 is 0 Å². The molecule has 0 fully saturated rings. The molecule has 0 saturated carbocycles. The number of hydrogen-bond acceptors (Lipinski definition) is 2. The van der Waals surface area contributed by atoms with Gasteiger partial charge in [-0.2, -0.15) is 0 Å². The van der Waals surface area contributed by atoms with Gasteiger partial charge in [-0.1, -0.05) is 6.07 Å². The molecule has 2 heteroatoms. The Morgan fingerprint density at radius 3 is 3.10 bits per heavy atom. The zero-order chi connectivity index (χ0) is 7.23. The third-order valence-corrected chi connectivity index (χ3v) is 1.19. The Hall–Kier alpha value is -0.890. The van der Waals surface area contributed by atoms with Crippen molar-refractivity contribution in [3.8, 4) is 0 Å². The van der Waals surface area contributed by atoms with Gasteiger partial charge in [0.2, 0.25) is 0 Å². The molecule has 0 saturated heterocycles. The molecule has 10 heavy (non-hydrogen) atoms. The summed E-state index contributed by atoms with van der Waals surface area (Å²) in [4.78, 5) is 4.11. The Balaban J connectivity index is 2.43. The summed E-state index contributed by atoms with van der Waals surface area (Å²) in [6, 6.07) is 5.83. The Kier molecular flexibility index (Phi) is 2.90. The lowest BCUT2D eigenvalue weighted by atomic mass is 10.3. The van der Waals surface area contributed by atoms with Crippen LogP contribution in [0, 0.1) is 6.61 Å².